The first-order chi connectivity index (χ1) is 15.0. The number of nitrogens with zero attached hydrogens (tertiary/aromatic N) is 3. The molecule has 1 aromatic carbocycles. The molecule has 2 aromatic rings. The molecule has 10 nitrogen and oxygen atoms in total. The Labute approximate surface area is 177 Å². The molecule has 4 aliphatic rings. The van der Waals surface area contributed by atoms with Crippen molar-refractivity contribution >= 4 is 34.4 Å². The summed E-state index contributed by atoms with van der Waals surface area (Å²) in [5.41, 5.74) is 2.13. The van der Waals surface area contributed by atoms with E-state index in [4.69, 9.17) is 0 Å². The molecule has 1 spiro atoms. The molecule has 2 saturated heterocycles. The van der Waals surface area contributed by atoms with E-state index in [2.05, 4.69) is 20.9 Å². The largest absolute Gasteiger partial charge is 0.365 e. The second kappa shape index (κ2) is 6.43. The van der Waals surface area contributed by atoms with Crippen LogP contribution in [0.25, 0.3) is 11.0 Å². The summed E-state index contributed by atoms with van der Waals surface area (Å²) < 4.78 is 3.19. The SMILES string of the molecule is O=C1CCC(n2c(=O)n3c4c5c(ccc42)C(=O)NC2(CCNCC2)CN5CC3)C(=O)N1. The van der Waals surface area contributed by atoms with E-state index in [1.165, 1.54) is 4.57 Å². The Hall–Kier alpha value is -3.14. The molecule has 0 bridgehead atoms. The van der Waals surface area contributed by atoms with Gasteiger partial charge in [0.1, 0.15) is 6.04 Å². The van der Waals surface area contributed by atoms with Crippen molar-refractivity contribution in [2.45, 2.75) is 43.8 Å². The van der Waals surface area contributed by atoms with Crippen molar-refractivity contribution < 1.29 is 14.4 Å². The molecule has 0 radical (unpaired) electrons. The number of piperidine rings is 2. The summed E-state index contributed by atoms with van der Waals surface area (Å²) in [5.74, 6) is -0.878. The number of carbonyl (C=O) groups excluding carboxylic acids is 3. The minimum atomic E-state index is -0.728. The quantitative estimate of drug-likeness (QED) is 0.530. The zero-order chi connectivity index (χ0) is 21.3. The van der Waals surface area contributed by atoms with E-state index in [1.54, 1.807) is 16.7 Å². The average Bonchev–Trinajstić information content (AvgIpc) is 2.96. The van der Waals surface area contributed by atoms with Gasteiger partial charge in [-0.2, -0.15) is 0 Å². The number of rotatable bonds is 1. The summed E-state index contributed by atoms with van der Waals surface area (Å²) >= 11 is 0. The Kier molecular flexibility index (Phi) is 3.86. The molecule has 3 N–H and O–H groups in total. The van der Waals surface area contributed by atoms with Gasteiger partial charge in [-0.1, -0.05) is 0 Å². The van der Waals surface area contributed by atoms with Crippen molar-refractivity contribution in [1.82, 2.24) is 25.1 Å². The Morgan fingerprint density at radius 1 is 1.03 bits per heavy atom. The molecule has 1 atom stereocenters. The Bertz CT molecular complexity index is 1200. The van der Waals surface area contributed by atoms with Crippen molar-refractivity contribution in [3.63, 3.8) is 0 Å². The van der Waals surface area contributed by atoms with Crippen LogP contribution >= 0.6 is 0 Å². The Balaban J connectivity index is 1.53. The maximum absolute atomic E-state index is 13.4. The van der Waals surface area contributed by atoms with Crippen molar-refractivity contribution in [2.75, 3.05) is 31.1 Å². The van der Waals surface area contributed by atoms with Gasteiger partial charge in [-0.05, 0) is 44.5 Å². The summed E-state index contributed by atoms with van der Waals surface area (Å²) in [6.45, 7) is 3.54. The van der Waals surface area contributed by atoms with Crippen LogP contribution in [-0.4, -0.2) is 58.6 Å². The van der Waals surface area contributed by atoms with Crippen LogP contribution in [0, 0.1) is 0 Å². The van der Waals surface area contributed by atoms with Crippen LogP contribution in [0.4, 0.5) is 5.69 Å². The fourth-order valence-corrected chi connectivity index (χ4v) is 5.69. The molecular formula is C21H24N6O4. The number of nitrogens with one attached hydrogen (secondary N) is 3. The smallest absolute Gasteiger partial charge is 0.329 e. The highest BCUT2D eigenvalue weighted by atomic mass is 16.2. The van der Waals surface area contributed by atoms with Crippen LogP contribution < -0.4 is 26.5 Å². The van der Waals surface area contributed by atoms with Crippen LogP contribution in [0.5, 0.6) is 0 Å². The number of anilines is 1. The summed E-state index contributed by atoms with van der Waals surface area (Å²) in [4.78, 5) is 52.9. The van der Waals surface area contributed by atoms with Crippen LogP contribution in [0.2, 0.25) is 0 Å². The van der Waals surface area contributed by atoms with Crippen LogP contribution in [0.15, 0.2) is 16.9 Å². The number of imide groups is 1. The number of amides is 3. The van der Waals surface area contributed by atoms with Gasteiger partial charge < -0.3 is 15.5 Å². The fourth-order valence-electron chi connectivity index (χ4n) is 5.69. The molecule has 4 aliphatic heterocycles. The molecule has 2 fully saturated rings. The Morgan fingerprint density at radius 2 is 1.84 bits per heavy atom. The van der Waals surface area contributed by atoms with E-state index < -0.39 is 11.9 Å². The van der Waals surface area contributed by atoms with Gasteiger partial charge in [0.15, 0.2) is 0 Å². The highest BCUT2D eigenvalue weighted by Gasteiger charge is 2.42. The van der Waals surface area contributed by atoms with Gasteiger partial charge >= 0.3 is 5.69 Å². The lowest BCUT2D eigenvalue weighted by Gasteiger charge is -2.41. The molecule has 1 unspecified atom stereocenters. The molecule has 1 aromatic heterocycles. The lowest BCUT2D eigenvalue weighted by atomic mass is 9.87. The first-order valence-corrected chi connectivity index (χ1v) is 10.9. The first kappa shape index (κ1) is 18.6. The minimum absolute atomic E-state index is 0.115. The molecule has 5 heterocycles. The van der Waals surface area contributed by atoms with Gasteiger partial charge in [0.05, 0.1) is 27.8 Å². The number of carbonyl (C=O) groups is 3. The summed E-state index contributed by atoms with van der Waals surface area (Å²) in [6, 6.07) is 2.80. The maximum Gasteiger partial charge on any atom is 0.329 e. The topological polar surface area (TPSA) is 117 Å². The van der Waals surface area contributed by atoms with Crippen molar-refractivity contribution in [3.05, 3.63) is 28.2 Å². The Morgan fingerprint density at radius 3 is 2.61 bits per heavy atom. The summed E-state index contributed by atoms with van der Waals surface area (Å²) in [6.07, 6.45) is 2.21. The molecule has 3 amide bonds. The van der Waals surface area contributed by atoms with E-state index in [0.717, 1.165) is 31.6 Å². The standard InChI is InChI=1S/C21H24N6O4/c28-15-4-3-14(19(30)23-15)27-13-2-1-12-16-17(13)26(20(27)31)10-9-25(16)11-21(24-18(12)29)5-7-22-8-6-21/h1-2,14,22H,3-11H2,(H,24,29)(H,23,28,30). The monoisotopic (exact) mass is 424 g/mol. The fraction of sp³-hybridized carbons (Fsp3) is 0.524. The molecule has 0 aliphatic carbocycles. The number of hydrogen-bond acceptors (Lipinski definition) is 6. The minimum Gasteiger partial charge on any atom is -0.365 e. The van der Waals surface area contributed by atoms with Gasteiger partial charge in [-0.15, -0.1) is 0 Å². The van der Waals surface area contributed by atoms with Gasteiger partial charge in [0, 0.05) is 26.1 Å². The third-order valence-electron chi connectivity index (χ3n) is 7.21. The number of imidazole rings is 1. The van der Waals surface area contributed by atoms with Crippen LogP contribution in [0.3, 0.4) is 0 Å². The normalized spacial score (nSPS) is 24.8. The van der Waals surface area contributed by atoms with E-state index >= 15 is 0 Å². The molecule has 10 heteroatoms. The van der Waals surface area contributed by atoms with Gasteiger partial charge in [-0.25, -0.2) is 4.79 Å². The third kappa shape index (κ3) is 2.60. The molecule has 6 rings (SSSR count). The zero-order valence-corrected chi connectivity index (χ0v) is 17.1. The molecule has 0 saturated carbocycles. The predicted molar refractivity (Wildman–Crippen MR) is 112 cm³/mol. The van der Waals surface area contributed by atoms with E-state index in [-0.39, 0.29) is 29.5 Å². The van der Waals surface area contributed by atoms with E-state index in [1.807, 2.05) is 0 Å². The molecule has 31 heavy (non-hydrogen) atoms. The maximum atomic E-state index is 13.4. The van der Waals surface area contributed by atoms with E-state index in [0.29, 0.717) is 42.7 Å². The lowest BCUT2D eigenvalue weighted by molar-refractivity contribution is -0.135. The number of hydrogen-bond donors (Lipinski definition) is 3. The van der Waals surface area contributed by atoms with Crippen LogP contribution in [0.1, 0.15) is 42.1 Å². The summed E-state index contributed by atoms with van der Waals surface area (Å²) in [5, 5.41) is 8.99. The van der Waals surface area contributed by atoms with Crippen LogP contribution in [-0.2, 0) is 16.1 Å². The number of benzene rings is 1. The average molecular weight is 424 g/mol. The predicted octanol–water partition coefficient (Wildman–Crippen LogP) is -0.534. The highest BCUT2D eigenvalue weighted by molar-refractivity contribution is 6.09. The van der Waals surface area contributed by atoms with E-state index in [9.17, 15) is 19.2 Å². The highest BCUT2D eigenvalue weighted by Crippen LogP contribution is 2.39. The zero-order valence-electron chi connectivity index (χ0n) is 17.1. The second-order valence-electron chi connectivity index (χ2n) is 9.01. The second-order valence-corrected chi connectivity index (χ2v) is 9.01. The molecular weight excluding hydrogens is 400 g/mol. The van der Waals surface area contributed by atoms with Crippen molar-refractivity contribution in [2.24, 2.45) is 0 Å². The summed E-state index contributed by atoms with van der Waals surface area (Å²) in [7, 11) is 0. The van der Waals surface area contributed by atoms with Crippen molar-refractivity contribution in [1.29, 1.82) is 0 Å². The van der Waals surface area contributed by atoms with Gasteiger partial charge in [-0.3, -0.25) is 28.8 Å². The lowest BCUT2D eigenvalue weighted by Crippen LogP contribution is -2.59. The van der Waals surface area contributed by atoms with Crippen molar-refractivity contribution in [3.8, 4) is 0 Å². The van der Waals surface area contributed by atoms with Gasteiger partial charge in [0.25, 0.3) is 5.91 Å². The molecule has 162 valence electrons. The third-order valence-corrected chi connectivity index (χ3v) is 7.21. The number of aromatic nitrogens is 2. The van der Waals surface area contributed by atoms with Gasteiger partial charge in [0.2, 0.25) is 11.8 Å². The first-order valence-electron chi connectivity index (χ1n) is 10.9.